The van der Waals surface area contributed by atoms with E-state index in [0.717, 1.165) is 34.2 Å². The van der Waals surface area contributed by atoms with Crippen LogP contribution in [0, 0.1) is 0 Å². The lowest BCUT2D eigenvalue weighted by molar-refractivity contribution is 0.453. The molecule has 110 valence electrons. The lowest BCUT2D eigenvalue weighted by Gasteiger charge is -2.10. The fourth-order valence-electron chi connectivity index (χ4n) is 2.38. The zero-order valence-corrected chi connectivity index (χ0v) is 13.7. The summed E-state index contributed by atoms with van der Waals surface area (Å²) in [5, 5.41) is 8.79. The summed E-state index contributed by atoms with van der Waals surface area (Å²) in [5.74, 6) is 0.967. The second kappa shape index (κ2) is 6.03. The second-order valence-electron chi connectivity index (χ2n) is 5.28. The molecule has 3 aromatic rings. The van der Waals surface area contributed by atoms with Crippen LogP contribution in [-0.2, 0) is 13.5 Å². The zero-order chi connectivity index (χ0) is 14.8. The van der Waals surface area contributed by atoms with Crippen LogP contribution in [0.2, 0.25) is 0 Å². The molecule has 5 heteroatoms. The van der Waals surface area contributed by atoms with Gasteiger partial charge in [0.25, 0.3) is 0 Å². The van der Waals surface area contributed by atoms with Crippen molar-refractivity contribution in [1.29, 1.82) is 0 Å². The van der Waals surface area contributed by atoms with Gasteiger partial charge in [0.15, 0.2) is 0 Å². The number of aryl methyl sites for hydroxylation is 1. The third kappa shape index (κ3) is 3.36. The predicted octanol–water partition coefficient (Wildman–Crippen LogP) is 3.82. The van der Waals surface area contributed by atoms with Crippen LogP contribution in [0.15, 0.2) is 45.5 Å². The zero-order valence-electron chi connectivity index (χ0n) is 12.1. The normalized spacial score (nSPS) is 12.9. The molecule has 2 aromatic heterocycles. The number of furan rings is 1. The molecule has 0 saturated carbocycles. The summed E-state index contributed by atoms with van der Waals surface area (Å²) in [4.78, 5) is 0. The number of hydrogen-bond acceptors (Lipinski definition) is 3. The molecule has 0 fully saturated rings. The van der Waals surface area contributed by atoms with E-state index in [-0.39, 0.29) is 6.04 Å². The molecule has 1 atom stereocenters. The Bertz CT molecular complexity index is 747. The van der Waals surface area contributed by atoms with Gasteiger partial charge in [0.1, 0.15) is 11.3 Å². The van der Waals surface area contributed by atoms with Gasteiger partial charge in [-0.25, -0.2) is 0 Å². The van der Waals surface area contributed by atoms with Gasteiger partial charge >= 0.3 is 0 Å². The van der Waals surface area contributed by atoms with E-state index in [1.807, 2.05) is 36.3 Å². The Morgan fingerprint density at radius 2 is 2.24 bits per heavy atom. The maximum Gasteiger partial charge on any atom is 0.134 e. The smallest absolute Gasteiger partial charge is 0.134 e. The number of fused-ring (bicyclic) bond motifs is 1. The van der Waals surface area contributed by atoms with Crippen LogP contribution >= 0.6 is 15.9 Å². The average Bonchev–Trinajstić information content (AvgIpc) is 3.04. The topological polar surface area (TPSA) is 43.0 Å². The van der Waals surface area contributed by atoms with E-state index in [1.165, 1.54) is 5.56 Å². The van der Waals surface area contributed by atoms with Gasteiger partial charge in [-0.05, 0) is 49.7 Å². The van der Waals surface area contributed by atoms with Crippen LogP contribution in [-0.4, -0.2) is 16.3 Å². The summed E-state index contributed by atoms with van der Waals surface area (Å²) in [6.45, 7) is 3.02. The Kier molecular flexibility index (Phi) is 4.12. The summed E-state index contributed by atoms with van der Waals surface area (Å²) in [7, 11) is 1.94. The summed E-state index contributed by atoms with van der Waals surface area (Å²) in [6.07, 6.45) is 4.92. The third-order valence-electron chi connectivity index (χ3n) is 3.55. The fraction of sp³-hybridized carbons (Fsp3) is 0.312. The van der Waals surface area contributed by atoms with Crippen LogP contribution in [0.5, 0.6) is 0 Å². The lowest BCUT2D eigenvalue weighted by Crippen LogP contribution is -2.20. The van der Waals surface area contributed by atoms with Crippen molar-refractivity contribution in [1.82, 2.24) is 15.1 Å². The summed E-state index contributed by atoms with van der Waals surface area (Å²) in [5.41, 5.74) is 2.17. The van der Waals surface area contributed by atoms with Gasteiger partial charge in [0.05, 0.1) is 12.2 Å². The molecule has 21 heavy (non-hydrogen) atoms. The SMILES string of the molecule is CC(NCCc1cnn(C)c1)c1cc2cc(Br)ccc2o1. The summed E-state index contributed by atoms with van der Waals surface area (Å²) in [6, 6.07) is 8.35. The minimum atomic E-state index is 0.188. The van der Waals surface area contributed by atoms with Crippen LogP contribution in [0.25, 0.3) is 11.0 Å². The molecule has 0 saturated heterocycles. The molecule has 0 aliphatic rings. The Labute approximate surface area is 132 Å². The van der Waals surface area contributed by atoms with Gasteiger partial charge in [-0.1, -0.05) is 15.9 Å². The van der Waals surface area contributed by atoms with Crippen LogP contribution in [0.4, 0.5) is 0 Å². The highest BCUT2D eigenvalue weighted by Gasteiger charge is 2.11. The second-order valence-corrected chi connectivity index (χ2v) is 6.19. The van der Waals surface area contributed by atoms with Crippen LogP contribution < -0.4 is 5.32 Å². The molecule has 0 aliphatic heterocycles. The molecule has 2 heterocycles. The molecule has 0 aliphatic carbocycles. The van der Waals surface area contributed by atoms with Crippen LogP contribution in [0.3, 0.4) is 0 Å². The first-order valence-electron chi connectivity index (χ1n) is 7.02. The van der Waals surface area contributed by atoms with Crippen molar-refractivity contribution in [2.24, 2.45) is 7.05 Å². The molecule has 0 bridgehead atoms. The van der Waals surface area contributed by atoms with Crippen molar-refractivity contribution >= 4 is 26.9 Å². The molecule has 0 amide bonds. The van der Waals surface area contributed by atoms with E-state index in [2.05, 4.69) is 45.4 Å². The van der Waals surface area contributed by atoms with Crippen LogP contribution in [0.1, 0.15) is 24.3 Å². The molecule has 1 aromatic carbocycles. The Morgan fingerprint density at radius 3 is 3.00 bits per heavy atom. The highest BCUT2D eigenvalue weighted by atomic mass is 79.9. The molecule has 1 unspecified atom stereocenters. The van der Waals surface area contributed by atoms with Crippen molar-refractivity contribution < 1.29 is 4.42 Å². The van der Waals surface area contributed by atoms with Crippen molar-refractivity contribution in [3.8, 4) is 0 Å². The number of aromatic nitrogens is 2. The van der Waals surface area contributed by atoms with Gasteiger partial charge in [-0.3, -0.25) is 4.68 Å². The van der Waals surface area contributed by atoms with Crippen molar-refractivity contribution in [2.75, 3.05) is 6.54 Å². The largest absolute Gasteiger partial charge is 0.459 e. The standard InChI is InChI=1S/C16H18BrN3O/c1-11(18-6-5-12-9-19-20(2)10-12)16-8-13-7-14(17)3-4-15(13)21-16/h3-4,7-11,18H,5-6H2,1-2H3. The Balaban J connectivity index is 1.62. The molecule has 0 spiro atoms. The fourth-order valence-corrected chi connectivity index (χ4v) is 2.76. The quantitative estimate of drug-likeness (QED) is 0.762. The van der Waals surface area contributed by atoms with E-state index in [9.17, 15) is 0 Å². The number of benzene rings is 1. The lowest BCUT2D eigenvalue weighted by atomic mass is 10.2. The van der Waals surface area contributed by atoms with E-state index in [1.54, 1.807) is 0 Å². The molecule has 1 N–H and O–H groups in total. The first kappa shape index (κ1) is 14.4. The van der Waals surface area contributed by atoms with Crippen molar-refractivity contribution in [2.45, 2.75) is 19.4 Å². The molecular weight excluding hydrogens is 330 g/mol. The third-order valence-corrected chi connectivity index (χ3v) is 4.04. The molecule has 3 rings (SSSR count). The number of halogens is 1. The first-order valence-corrected chi connectivity index (χ1v) is 7.81. The van der Waals surface area contributed by atoms with Gasteiger partial charge in [0.2, 0.25) is 0 Å². The minimum absolute atomic E-state index is 0.188. The molecular formula is C16H18BrN3O. The summed E-state index contributed by atoms with van der Waals surface area (Å²) < 4.78 is 8.79. The maximum absolute atomic E-state index is 5.89. The van der Waals surface area contributed by atoms with Crippen molar-refractivity contribution in [3.05, 3.63) is 52.5 Å². The van der Waals surface area contributed by atoms with Gasteiger partial charge in [-0.2, -0.15) is 5.10 Å². The number of nitrogens with zero attached hydrogens (tertiary/aromatic N) is 2. The van der Waals surface area contributed by atoms with E-state index in [0.29, 0.717) is 0 Å². The Hall–Kier alpha value is -1.59. The average molecular weight is 348 g/mol. The van der Waals surface area contributed by atoms with Gasteiger partial charge in [0, 0.05) is 23.1 Å². The van der Waals surface area contributed by atoms with E-state index < -0.39 is 0 Å². The van der Waals surface area contributed by atoms with Crippen molar-refractivity contribution in [3.63, 3.8) is 0 Å². The Morgan fingerprint density at radius 1 is 1.38 bits per heavy atom. The molecule has 0 radical (unpaired) electrons. The first-order chi connectivity index (χ1) is 10.1. The summed E-state index contributed by atoms with van der Waals surface area (Å²) >= 11 is 3.48. The highest BCUT2D eigenvalue weighted by Crippen LogP contribution is 2.26. The highest BCUT2D eigenvalue weighted by molar-refractivity contribution is 9.10. The van der Waals surface area contributed by atoms with Gasteiger partial charge < -0.3 is 9.73 Å². The number of hydrogen-bond donors (Lipinski definition) is 1. The monoisotopic (exact) mass is 347 g/mol. The van der Waals surface area contributed by atoms with E-state index in [4.69, 9.17) is 4.42 Å². The number of rotatable bonds is 5. The van der Waals surface area contributed by atoms with Gasteiger partial charge in [-0.15, -0.1) is 0 Å². The maximum atomic E-state index is 5.89. The number of nitrogens with one attached hydrogen (secondary N) is 1. The predicted molar refractivity (Wildman–Crippen MR) is 87.2 cm³/mol. The molecule has 4 nitrogen and oxygen atoms in total. The van der Waals surface area contributed by atoms with E-state index >= 15 is 0 Å². The minimum Gasteiger partial charge on any atom is -0.459 e.